The molecule has 2 N–H and O–H groups in total. The SMILES string of the molecule is NCCN(Cc1cccc(C(F)(F)F)c1)C1CCC1. The van der Waals surface area contributed by atoms with E-state index in [0.29, 0.717) is 24.7 Å². The van der Waals surface area contributed by atoms with Gasteiger partial charge in [-0.25, -0.2) is 0 Å². The van der Waals surface area contributed by atoms with Gasteiger partial charge in [-0.1, -0.05) is 24.6 Å². The standard InChI is InChI=1S/C14H19F3N2/c15-14(16,17)12-4-1-3-11(9-12)10-19(8-7-18)13-5-2-6-13/h1,3-4,9,13H,2,5-8,10,18H2. The minimum atomic E-state index is -4.27. The van der Waals surface area contributed by atoms with Gasteiger partial charge in [0.15, 0.2) is 0 Å². The lowest BCUT2D eigenvalue weighted by Crippen LogP contribution is -2.42. The number of hydrogen-bond acceptors (Lipinski definition) is 2. The van der Waals surface area contributed by atoms with Crippen LogP contribution in [0.5, 0.6) is 0 Å². The zero-order valence-corrected chi connectivity index (χ0v) is 10.8. The van der Waals surface area contributed by atoms with Gasteiger partial charge in [-0.2, -0.15) is 13.2 Å². The maximum absolute atomic E-state index is 12.7. The summed E-state index contributed by atoms with van der Waals surface area (Å²) in [6, 6.07) is 6.05. The maximum Gasteiger partial charge on any atom is 0.416 e. The number of hydrogen-bond donors (Lipinski definition) is 1. The number of halogens is 3. The largest absolute Gasteiger partial charge is 0.416 e. The normalized spacial score (nSPS) is 16.7. The molecule has 2 rings (SSSR count). The first kappa shape index (κ1) is 14.3. The summed E-state index contributed by atoms with van der Waals surface area (Å²) in [7, 11) is 0. The van der Waals surface area contributed by atoms with Crippen molar-refractivity contribution >= 4 is 0 Å². The Morgan fingerprint density at radius 1 is 1.26 bits per heavy atom. The van der Waals surface area contributed by atoms with E-state index in [1.165, 1.54) is 18.6 Å². The van der Waals surface area contributed by atoms with Crippen LogP contribution >= 0.6 is 0 Å². The van der Waals surface area contributed by atoms with Crippen molar-refractivity contribution in [2.45, 2.75) is 38.0 Å². The fourth-order valence-electron chi connectivity index (χ4n) is 2.39. The van der Waals surface area contributed by atoms with Gasteiger partial charge in [0.1, 0.15) is 0 Å². The average Bonchev–Trinajstić information content (AvgIpc) is 2.26. The van der Waals surface area contributed by atoms with Gasteiger partial charge in [0.05, 0.1) is 5.56 Å². The van der Waals surface area contributed by atoms with Gasteiger partial charge in [0.25, 0.3) is 0 Å². The topological polar surface area (TPSA) is 29.3 Å². The van der Waals surface area contributed by atoms with Crippen LogP contribution in [0.25, 0.3) is 0 Å². The van der Waals surface area contributed by atoms with E-state index in [2.05, 4.69) is 4.90 Å². The van der Waals surface area contributed by atoms with E-state index >= 15 is 0 Å². The zero-order chi connectivity index (χ0) is 13.9. The van der Waals surface area contributed by atoms with Gasteiger partial charge in [-0.3, -0.25) is 4.90 Å². The molecule has 0 saturated heterocycles. The molecule has 0 aliphatic heterocycles. The summed E-state index contributed by atoms with van der Waals surface area (Å²) in [4.78, 5) is 2.19. The molecule has 1 saturated carbocycles. The number of alkyl halides is 3. The molecule has 0 amide bonds. The molecule has 1 aromatic rings. The van der Waals surface area contributed by atoms with E-state index in [1.807, 2.05) is 0 Å². The van der Waals surface area contributed by atoms with Crippen molar-refractivity contribution in [1.82, 2.24) is 4.90 Å². The van der Waals surface area contributed by atoms with Crippen LogP contribution in [0.4, 0.5) is 13.2 Å². The maximum atomic E-state index is 12.7. The van der Waals surface area contributed by atoms with Crippen LogP contribution in [0.1, 0.15) is 30.4 Å². The fourth-order valence-corrected chi connectivity index (χ4v) is 2.39. The summed E-state index contributed by atoms with van der Waals surface area (Å²) in [5, 5.41) is 0. The molecule has 0 spiro atoms. The van der Waals surface area contributed by atoms with E-state index in [1.54, 1.807) is 6.07 Å². The average molecular weight is 272 g/mol. The van der Waals surface area contributed by atoms with Crippen LogP contribution in [0.15, 0.2) is 24.3 Å². The Morgan fingerprint density at radius 3 is 2.53 bits per heavy atom. The second-order valence-corrected chi connectivity index (χ2v) is 5.04. The Bertz CT molecular complexity index is 413. The molecule has 0 bridgehead atoms. The first-order valence-electron chi connectivity index (χ1n) is 6.61. The Labute approximate surface area is 111 Å². The minimum absolute atomic E-state index is 0.484. The Kier molecular flexibility index (Phi) is 4.47. The molecule has 2 nitrogen and oxygen atoms in total. The van der Waals surface area contributed by atoms with Crippen LogP contribution in [0.2, 0.25) is 0 Å². The molecule has 0 aromatic heterocycles. The Balaban J connectivity index is 2.08. The van der Waals surface area contributed by atoms with Gasteiger partial charge in [0.2, 0.25) is 0 Å². The summed E-state index contributed by atoms with van der Waals surface area (Å²) in [6.07, 6.45) is -0.822. The third-order valence-electron chi connectivity index (χ3n) is 3.65. The molecular formula is C14H19F3N2. The molecule has 19 heavy (non-hydrogen) atoms. The lowest BCUT2D eigenvalue weighted by Gasteiger charge is -2.37. The third-order valence-corrected chi connectivity index (χ3v) is 3.65. The van der Waals surface area contributed by atoms with Crippen molar-refractivity contribution in [1.29, 1.82) is 0 Å². The van der Waals surface area contributed by atoms with Crippen molar-refractivity contribution in [3.05, 3.63) is 35.4 Å². The van der Waals surface area contributed by atoms with E-state index in [0.717, 1.165) is 25.5 Å². The summed E-state index contributed by atoms with van der Waals surface area (Å²) in [5.41, 5.74) is 5.70. The lowest BCUT2D eigenvalue weighted by atomic mass is 9.91. The molecule has 0 radical (unpaired) electrons. The third kappa shape index (κ3) is 3.70. The summed E-state index contributed by atoms with van der Waals surface area (Å²) < 4.78 is 38.0. The van der Waals surface area contributed by atoms with Crippen LogP contribution in [-0.4, -0.2) is 24.0 Å². The molecule has 0 heterocycles. The van der Waals surface area contributed by atoms with E-state index in [4.69, 9.17) is 5.73 Å². The first-order chi connectivity index (χ1) is 9.00. The van der Waals surface area contributed by atoms with Crippen molar-refractivity contribution in [2.75, 3.05) is 13.1 Å². The van der Waals surface area contributed by atoms with Gasteiger partial charge in [-0.05, 0) is 24.5 Å². The number of benzene rings is 1. The van der Waals surface area contributed by atoms with Crippen molar-refractivity contribution in [3.8, 4) is 0 Å². The first-order valence-corrected chi connectivity index (χ1v) is 6.61. The van der Waals surface area contributed by atoms with Crippen molar-refractivity contribution in [3.63, 3.8) is 0 Å². The minimum Gasteiger partial charge on any atom is -0.329 e. The van der Waals surface area contributed by atoms with Crippen molar-refractivity contribution in [2.24, 2.45) is 5.73 Å². The van der Waals surface area contributed by atoms with E-state index < -0.39 is 11.7 Å². The highest BCUT2D eigenvalue weighted by Crippen LogP contribution is 2.31. The summed E-state index contributed by atoms with van der Waals surface area (Å²) in [6.45, 7) is 1.82. The Hall–Kier alpha value is -1.07. The molecule has 0 atom stereocenters. The van der Waals surface area contributed by atoms with Crippen LogP contribution in [0, 0.1) is 0 Å². The van der Waals surface area contributed by atoms with E-state index in [9.17, 15) is 13.2 Å². The zero-order valence-electron chi connectivity index (χ0n) is 10.8. The molecule has 1 aliphatic carbocycles. The summed E-state index contributed by atoms with van der Waals surface area (Å²) in [5.74, 6) is 0. The molecular weight excluding hydrogens is 253 g/mol. The second-order valence-electron chi connectivity index (χ2n) is 5.04. The van der Waals surface area contributed by atoms with Gasteiger partial charge in [-0.15, -0.1) is 0 Å². The molecule has 5 heteroatoms. The molecule has 1 aliphatic rings. The highest BCUT2D eigenvalue weighted by molar-refractivity contribution is 5.25. The number of nitrogens with zero attached hydrogens (tertiary/aromatic N) is 1. The predicted molar refractivity (Wildman–Crippen MR) is 68.5 cm³/mol. The van der Waals surface area contributed by atoms with Gasteiger partial charge in [0, 0.05) is 25.7 Å². The molecule has 106 valence electrons. The van der Waals surface area contributed by atoms with Crippen LogP contribution < -0.4 is 5.73 Å². The van der Waals surface area contributed by atoms with Gasteiger partial charge >= 0.3 is 6.18 Å². The summed E-state index contributed by atoms with van der Waals surface area (Å²) >= 11 is 0. The highest BCUT2D eigenvalue weighted by atomic mass is 19.4. The van der Waals surface area contributed by atoms with E-state index in [-0.39, 0.29) is 0 Å². The number of nitrogens with two attached hydrogens (primary N) is 1. The predicted octanol–water partition coefficient (Wildman–Crippen LogP) is 3.02. The monoisotopic (exact) mass is 272 g/mol. The highest BCUT2D eigenvalue weighted by Gasteiger charge is 2.31. The molecule has 0 unspecified atom stereocenters. The van der Waals surface area contributed by atoms with Crippen LogP contribution in [0.3, 0.4) is 0 Å². The second kappa shape index (κ2) is 5.92. The lowest BCUT2D eigenvalue weighted by molar-refractivity contribution is -0.137. The smallest absolute Gasteiger partial charge is 0.329 e. The van der Waals surface area contributed by atoms with Crippen LogP contribution in [-0.2, 0) is 12.7 Å². The molecule has 1 aromatic carbocycles. The Morgan fingerprint density at radius 2 is 2.00 bits per heavy atom. The van der Waals surface area contributed by atoms with Crippen molar-refractivity contribution < 1.29 is 13.2 Å². The fraction of sp³-hybridized carbons (Fsp3) is 0.571. The number of rotatable bonds is 5. The van der Waals surface area contributed by atoms with Gasteiger partial charge < -0.3 is 5.73 Å². The molecule has 1 fully saturated rings. The quantitative estimate of drug-likeness (QED) is 0.892.